The van der Waals surface area contributed by atoms with Crippen molar-refractivity contribution in [2.24, 2.45) is 0 Å². The summed E-state index contributed by atoms with van der Waals surface area (Å²) in [5.74, 6) is 0.776. The van der Waals surface area contributed by atoms with Crippen molar-refractivity contribution in [1.29, 1.82) is 0 Å². The molecule has 0 atom stereocenters. The summed E-state index contributed by atoms with van der Waals surface area (Å²) in [7, 11) is 0. The van der Waals surface area contributed by atoms with Gasteiger partial charge in [-0.2, -0.15) is 5.10 Å². The number of rotatable bonds is 2. The molecular weight excluding hydrogens is 216 g/mol. The van der Waals surface area contributed by atoms with E-state index in [1.807, 2.05) is 17.0 Å². The molecule has 0 unspecified atom stereocenters. The van der Waals surface area contributed by atoms with E-state index in [0.717, 1.165) is 18.7 Å². The molecule has 0 fully saturated rings. The van der Waals surface area contributed by atoms with Gasteiger partial charge in [0.1, 0.15) is 6.33 Å². The Morgan fingerprint density at radius 1 is 1.18 bits per heavy atom. The summed E-state index contributed by atoms with van der Waals surface area (Å²) in [5.41, 5.74) is 3.02. The van der Waals surface area contributed by atoms with Gasteiger partial charge in [-0.25, -0.2) is 4.98 Å². The fourth-order valence-electron chi connectivity index (χ4n) is 2.23. The molecular formula is C12H14N4O. The summed E-state index contributed by atoms with van der Waals surface area (Å²) in [6.07, 6.45) is 6.36. The van der Waals surface area contributed by atoms with E-state index in [0.29, 0.717) is 5.69 Å². The lowest BCUT2D eigenvalue weighted by Crippen LogP contribution is -2.08. The van der Waals surface area contributed by atoms with Crippen LogP contribution >= 0.6 is 0 Å². The second-order valence-corrected chi connectivity index (χ2v) is 4.26. The van der Waals surface area contributed by atoms with E-state index >= 15 is 0 Å². The number of aliphatic hydroxyl groups is 1. The average Bonchev–Trinajstić information content (AvgIpc) is 2.83. The predicted molar refractivity (Wildman–Crippen MR) is 61.7 cm³/mol. The Labute approximate surface area is 99.1 Å². The maximum Gasteiger partial charge on any atom is 0.160 e. The molecule has 0 saturated carbocycles. The van der Waals surface area contributed by atoms with E-state index in [4.69, 9.17) is 5.11 Å². The Morgan fingerprint density at radius 3 is 2.82 bits per heavy atom. The molecule has 0 saturated heterocycles. The SMILES string of the molecule is OCc1ccc(-n2cnc3c2CCCC3)nn1. The van der Waals surface area contributed by atoms with Gasteiger partial charge < -0.3 is 5.11 Å². The Balaban J connectivity index is 2.00. The van der Waals surface area contributed by atoms with Gasteiger partial charge in [0.2, 0.25) is 0 Å². The zero-order valence-corrected chi connectivity index (χ0v) is 9.50. The normalized spacial score (nSPS) is 14.6. The fraction of sp³-hybridized carbons (Fsp3) is 0.417. The number of fused-ring (bicyclic) bond motifs is 1. The van der Waals surface area contributed by atoms with E-state index in [9.17, 15) is 0 Å². The van der Waals surface area contributed by atoms with E-state index in [2.05, 4.69) is 15.2 Å². The first-order chi connectivity index (χ1) is 8.38. The van der Waals surface area contributed by atoms with Crippen LogP contribution in [0.5, 0.6) is 0 Å². The maximum atomic E-state index is 8.93. The summed E-state index contributed by atoms with van der Waals surface area (Å²) in [4.78, 5) is 4.42. The molecule has 1 aliphatic carbocycles. The second kappa shape index (κ2) is 4.25. The predicted octanol–water partition coefficient (Wildman–Crippen LogP) is 1.03. The zero-order valence-electron chi connectivity index (χ0n) is 9.50. The third-order valence-electron chi connectivity index (χ3n) is 3.14. The number of aliphatic hydroxyl groups excluding tert-OH is 1. The van der Waals surface area contributed by atoms with Crippen LogP contribution in [0.3, 0.4) is 0 Å². The summed E-state index contributed by atoms with van der Waals surface area (Å²) in [6, 6.07) is 3.66. The highest BCUT2D eigenvalue weighted by Crippen LogP contribution is 2.21. The lowest BCUT2D eigenvalue weighted by atomic mass is 10.0. The quantitative estimate of drug-likeness (QED) is 0.837. The summed E-state index contributed by atoms with van der Waals surface area (Å²) in [5, 5.41) is 17.0. The molecule has 3 rings (SSSR count). The molecule has 1 N–H and O–H groups in total. The van der Waals surface area contributed by atoms with E-state index < -0.39 is 0 Å². The fourth-order valence-corrected chi connectivity index (χ4v) is 2.23. The lowest BCUT2D eigenvalue weighted by molar-refractivity contribution is 0.275. The van der Waals surface area contributed by atoms with Crippen LogP contribution in [0.2, 0.25) is 0 Å². The van der Waals surface area contributed by atoms with Gasteiger partial charge in [-0.3, -0.25) is 4.57 Å². The molecule has 88 valence electrons. The van der Waals surface area contributed by atoms with Crippen LogP contribution in [0.4, 0.5) is 0 Å². The Bertz CT molecular complexity index is 518. The number of imidazole rings is 1. The topological polar surface area (TPSA) is 63.8 Å². The smallest absolute Gasteiger partial charge is 0.160 e. The minimum atomic E-state index is -0.0741. The van der Waals surface area contributed by atoms with Crippen molar-refractivity contribution < 1.29 is 5.11 Å². The first-order valence-electron chi connectivity index (χ1n) is 5.87. The first kappa shape index (κ1) is 10.4. The van der Waals surface area contributed by atoms with Crippen molar-refractivity contribution in [2.75, 3.05) is 0 Å². The van der Waals surface area contributed by atoms with E-state index in [1.54, 1.807) is 6.07 Å². The minimum Gasteiger partial charge on any atom is -0.390 e. The number of nitrogens with zero attached hydrogens (tertiary/aromatic N) is 4. The molecule has 1 aliphatic rings. The highest BCUT2D eigenvalue weighted by molar-refractivity contribution is 5.29. The van der Waals surface area contributed by atoms with Crippen LogP contribution in [0.25, 0.3) is 5.82 Å². The number of aromatic nitrogens is 4. The van der Waals surface area contributed by atoms with Crippen LogP contribution < -0.4 is 0 Å². The van der Waals surface area contributed by atoms with Crippen LogP contribution in [0, 0.1) is 0 Å². The van der Waals surface area contributed by atoms with E-state index in [-0.39, 0.29) is 6.61 Å². The van der Waals surface area contributed by atoms with Crippen molar-refractivity contribution >= 4 is 0 Å². The molecule has 0 radical (unpaired) electrons. The second-order valence-electron chi connectivity index (χ2n) is 4.26. The van der Waals surface area contributed by atoms with Crippen molar-refractivity contribution in [1.82, 2.24) is 19.7 Å². The third-order valence-corrected chi connectivity index (χ3v) is 3.14. The third kappa shape index (κ3) is 1.82. The van der Waals surface area contributed by atoms with Gasteiger partial charge in [0.15, 0.2) is 5.82 Å². The van der Waals surface area contributed by atoms with Gasteiger partial charge >= 0.3 is 0 Å². The standard InChI is InChI=1S/C12H14N4O/c17-7-9-5-6-12(15-14-9)16-8-13-10-3-1-2-4-11(10)16/h5-6,8,17H,1-4,7H2. The molecule has 2 heterocycles. The van der Waals surface area contributed by atoms with Gasteiger partial charge in [-0.1, -0.05) is 0 Å². The Kier molecular flexibility index (Phi) is 2.60. The average molecular weight is 230 g/mol. The largest absolute Gasteiger partial charge is 0.390 e. The zero-order chi connectivity index (χ0) is 11.7. The Hall–Kier alpha value is -1.75. The molecule has 0 amide bonds. The molecule has 0 aliphatic heterocycles. The maximum absolute atomic E-state index is 8.93. The van der Waals surface area contributed by atoms with Crippen molar-refractivity contribution in [3.05, 3.63) is 35.5 Å². The number of hydrogen-bond acceptors (Lipinski definition) is 4. The van der Waals surface area contributed by atoms with Crippen molar-refractivity contribution in [3.63, 3.8) is 0 Å². The molecule has 0 aromatic carbocycles. The molecule has 2 aromatic heterocycles. The summed E-state index contributed by atoms with van der Waals surface area (Å²) >= 11 is 0. The molecule has 5 heteroatoms. The van der Waals surface area contributed by atoms with Gasteiger partial charge in [0.05, 0.1) is 18.0 Å². The van der Waals surface area contributed by atoms with Crippen LogP contribution in [-0.4, -0.2) is 24.9 Å². The van der Waals surface area contributed by atoms with Crippen LogP contribution in [0.15, 0.2) is 18.5 Å². The lowest BCUT2D eigenvalue weighted by Gasteiger charge is -2.13. The summed E-state index contributed by atoms with van der Waals surface area (Å²) in [6.45, 7) is -0.0741. The molecule has 2 aromatic rings. The highest BCUT2D eigenvalue weighted by atomic mass is 16.3. The van der Waals surface area contributed by atoms with Crippen LogP contribution in [-0.2, 0) is 19.4 Å². The van der Waals surface area contributed by atoms with Gasteiger partial charge in [-0.05, 0) is 37.8 Å². The molecule has 0 bridgehead atoms. The monoisotopic (exact) mass is 230 g/mol. The molecule has 5 nitrogen and oxygen atoms in total. The Morgan fingerprint density at radius 2 is 2.06 bits per heavy atom. The minimum absolute atomic E-state index is 0.0741. The summed E-state index contributed by atoms with van der Waals surface area (Å²) < 4.78 is 2.00. The van der Waals surface area contributed by atoms with Gasteiger partial charge in [0, 0.05) is 5.69 Å². The van der Waals surface area contributed by atoms with Gasteiger partial charge in [0.25, 0.3) is 0 Å². The van der Waals surface area contributed by atoms with Gasteiger partial charge in [-0.15, -0.1) is 5.10 Å². The number of hydrogen-bond donors (Lipinski definition) is 1. The number of aryl methyl sites for hydroxylation is 1. The van der Waals surface area contributed by atoms with Crippen molar-refractivity contribution in [3.8, 4) is 5.82 Å². The molecule has 0 spiro atoms. The molecule has 17 heavy (non-hydrogen) atoms. The first-order valence-corrected chi connectivity index (χ1v) is 5.87. The van der Waals surface area contributed by atoms with Crippen molar-refractivity contribution in [2.45, 2.75) is 32.3 Å². The highest BCUT2D eigenvalue weighted by Gasteiger charge is 2.16. The van der Waals surface area contributed by atoms with Crippen LogP contribution in [0.1, 0.15) is 29.9 Å². The van der Waals surface area contributed by atoms with E-state index in [1.165, 1.54) is 24.2 Å².